The largest absolute Gasteiger partial charge is 0.497 e. The minimum Gasteiger partial charge on any atom is -0.497 e. The zero-order valence-corrected chi connectivity index (χ0v) is 19.1. The number of hydrazine groups is 1. The van der Waals surface area contributed by atoms with Crippen molar-refractivity contribution < 1.29 is 14.2 Å². The van der Waals surface area contributed by atoms with Crippen LogP contribution in [0.25, 0.3) is 0 Å². The lowest BCUT2D eigenvalue weighted by molar-refractivity contribution is 0.284. The van der Waals surface area contributed by atoms with Gasteiger partial charge in [-0.2, -0.15) is 0 Å². The minimum absolute atomic E-state index is 0.258. The molecule has 2 aliphatic rings. The monoisotopic (exact) mass is 480 g/mol. The van der Waals surface area contributed by atoms with Crippen LogP contribution in [0.2, 0.25) is 0 Å². The molecule has 6 heteroatoms. The summed E-state index contributed by atoms with van der Waals surface area (Å²) in [5.74, 6) is 2.83. The van der Waals surface area contributed by atoms with Crippen molar-refractivity contribution in [3.63, 3.8) is 0 Å². The average molecular weight is 481 g/mol. The molecule has 0 radical (unpaired) electrons. The Hall–Kier alpha value is -2.54. The quantitative estimate of drug-likeness (QED) is 0.513. The molecule has 1 aliphatic carbocycles. The first-order chi connectivity index (χ1) is 15.2. The molecule has 1 aliphatic heterocycles. The van der Waals surface area contributed by atoms with Gasteiger partial charge in [-0.15, -0.1) is 0 Å². The molecule has 5 rings (SSSR count). The number of benzene rings is 3. The first-order valence-corrected chi connectivity index (χ1v) is 11.2. The highest BCUT2D eigenvalue weighted by Crippen LogP contribution is 2.48. The van der Waals surface area contributed by atoms with Gasteiger partial charge in [-0.1, -0.05) is 40.2 Å². The second-order valence-corrected chi connectivity index (χ2v) is 8.92. The maximum absolute atomic E-state index is 6.15. The SMILES string of the molecule is COc1ccc(COc2cc3c(cc2OC)C2NNC(c4ccc(Br)cc4)C2C3)cc1. The van der Waals surface area contributed by atoms with Gasteiger partial charge in [-0.05, 0) is 65.1 Å². The predicted molar refractivity (Wildman–Crippen MR) is 123 cm³/mol. The number of ether oxygens (including phenoxy) is 3. The molecular weight excluding hydrogens is 456 g/mol. The first kappa shape index (κ1) is 20.4. The van der Waals surface area contributed by atoms with Gasteiger partial charge in [0.25, 0.3) is 0 Å². The van der Waals surface area contributed by atoms with Crippen LogP contribution in [0.15, 0.2) is 65.1 Å². The van der Waals surface area contributed by atoms with E-state index in [0.29, 0.717) is 12.5 Å². The summed E-state index contributed by atoms with van der Waals surface area (Å²) >= 11 is 3.53. The second kappa shape index (κ2) is 8.54. The number of halogens is 1. The Balaban J connectivity index is 1.36. The molecule has 3 atom stereocenters. The zero-order valence-electron chi connectivity index (χ0n) is 17.5. The molecule has 3 aromatic carbocycles. The molecule has 1 fully saturated rings. The number of fused-ring (bicyclic) bond motifs is 3. The highest BCUT2D eigenvalue weighted by Gasteiger charge is 2.43. The van der Waals surface area contributed by atoms with Crippen LogP contribution in [-0.2, 0) is 13.0 Å². The van der Waals surface area contributed by atoms with E-state index in [0.717, 1.165) is 33.7 Å². The maximum atomic E-state index is 6.15. The fourth-order valence-electron chi connectivity index (χ4n) is 4.62. The summed E-state index contributed by atoms with van der Waals surface area (Å²) in [5.41, 5.74) is 12.0. The van der Waals surface area contributed by atoms with Gasteiger partial charge in [0.05, 0.1) is 26.3 Å². The van der Waals surface area contributed by atoms with Crippen LogP contribution in [0.1, 0.15) is 34.3 Å². The van der Waals surface area contributed by atoms with Crippen LogP contribution in [0, 0.1) is 5.92 Å². The van der Waals surface area contributed by atoms with E-state index in [2.05, 4.69) is 63.2 Å². The van der Waals surface area contributed by atoms with Crippen molar-refractivity contribution in [1.29, 1.82) is 0 Å². The number of methoxy groups -OCH3 is 2. The van der Waals surface area contributed by atoms with Crippen LogP contribution >= 0.6 is 15.9 Å². The van der Waals surface area contributed by atoms with Gasteiger partial charge in [0, 0.05) is 10.4 Å². The Morgan fingerprint density at radius 1 is 0.871 bits per heavy atom. The van der Waals surface area contributed by atoms with E-state index < -0.39 is 0 Å². The van der Waals surface area contributed by atoms with Gasteiger partial charge in [0.15, 0.2) is 11.5 Å². The molecule has 2 N–H and O–H groups in total. The van der Waals surface area contributed by atoms with Crippen LogP contribution in [0.5, 0.6) is 17.2 Å². The van der Waals surface area contributed by atoms with Crippen molar-refractivity contribution >= 4 is 15.9 Å². The highest BCUT2D eigenvalue weighted by atomic mass is 79.9. The van der Waals surface area contributed by atoms with Gasteiger partial charge in [-0.25, -0.2) is 10.9 Å². The maximum Gasteiger partial charge on any atom is 0.161 e. The fraction of sp³-hybridized carbons (Fsp3) is 0.280. The number of hydrogen-bond donors (Lipinski definition) is 2. The lowest BCUT2D eigenvalue weighted by Crippen LogP contribution is -2.27. The molecule has 31 heavy (non-hydrogen) atoms. The van der Waals surface area contributed by atoms with Crippen LogP contribution < -0.4 is 25.1 Å². The minimum atomic E-state index is 0.258. The Kier molecular flexibility index (Phi) is 5.61. The van der Waals surface area contributed by atoms with Crippen molar-refractivity contribution in [3.8, 4) is 17.2 Å². The van der Waals surface area contributed by atoms with Crippen molar-refractivity contribution in [2.75, 3.05) is 14.2 Å². The lowest BCUT2D eigenvalue weighted by atomic mass is 9.90. The molecule has 5 nitrogen and oxygen atoms in total. The summed E-state index contributed by atoms with van der Waals surface area (Å²) in [4.78, 5) is 0. The summed E-state index contributed by atoms with van der Waals surface area (Å²) in [5, 5.41) is 0. The molecule has 3 aromatic rings. The Morgan fingerprint density at radius 3 is 2.32 bits per heavy atom. The van der Waals surface area contributed by atoms with Gasteiger partial charge in [0.1, 0.15) is 12.4 Å². The molecule has 1 saturated heterocycles. The Bertz CT molecular complexity index is 1070. The molecule has 160 valence electrons. The topological polar surface area (TPSA) is 51.8 Å². The van der Waals surface area contributed by atoms with Crippen molar-refractivity contribution in [1.82, 2.24) is 10.9 Å². The van der Waals surface area contributed by atoms with E-state index in [9.17, 15) is 0 Å². The summed E-state index contributed by atoms with van der Waals surface area (Å²) in [6, 6.07) is 21.3. The van der Waals surface area contributed by atoms with E-state index in [1.807, 2.05) is 24.3 Å². The Labute approximate surface area is 190 Å². The van der Waals surface area contributed by atoms with Gasteiger partial charge in [0.2, 0.25) is 0 Å². The smallest absolute Gasteiger partial charge is 0.161 e. The van der Waals surface area contributed by atoms with Gasteiger partial charge >= 0.3 is 0 Å². The van der Waals surface area contributed by atoms with Crippen molar-refractivity contribution in [2.45, 2.75) is 25.1 Å². The first-order valence-electron chi connectivity index (χ1n) is 10.4. The van der Waals surface area contributed by atoms with E-state index in [4.69, 9.17) is 14.2 Å². The standard InChI is InChI=1S/C25H25BrN2O3/c1-29-19-9-3-15(4-10-19)14-31-23-12-17-11-21-24(16-5-7-18(26)8-6-16)27-28-25(21)20(17)13-22(23)30-2/h3-10,12-13,21,24-25,27-28H,11,14H2,1-2H3. The lowest BCUT2D eigenvalue weighted by Gasteiger charge is -2.17. The summed E-state index contributed by atoms with van der Waals surface area (Å²) in [6.45, 7) is 0.479. The second-order valence-electron chi connectivity index (χ2n) is 8.00. The molecule has 0 spiro atoms. The zero-order chi connectivity index (χ0) is 21.4. The molecule has 0 saturated carbocycles. The van der Waals surface area contributed by atoms with Gasteiger partial charge in [-0.3, -0.25) is 0 Å². The highest BCUT2D eigenvalue weighted by molar-refractivity contribution is 9.10. The van der Waals surface area contributed by atoms with E-state index >= 15 is 0 Å². The molecule has 3 unspecified atom stereocenters. The van der Waals surface area contributed by atoms with Gasteiger partial charge < -0.3 is 14.2 Å². The van der Waals surface area contributed by atoms with Crippen LogP contribution in [-0.4, -0.2) is 14.2 Å². The third-order valence-corrected chi connectivity index (χ3v) is 6.78. The third-order valence-electron chi connectivity index (χ3n) is 6.25. The Morgan fingerprint density at radius 2 is 1.61 bits per heavy atom. The number of nitrogens with one attached hydrogen (secondary N) is 2. The van der Waals surface area contributed by atoms with Crippen LogP contribution in [0.3, 0.4) is 0 Å². The van der Waals surface area contributed by atoms with Crippen molar-refractivity contribution in [2.24, 2.45) is 5.92 Å². The van der Waals surface area contributed by atoms with E-state index in [1.165, 1.54) is 16.7 Å². The third kappa shape index (κ3) is 3.91. The number of rotatable bonds is 6. The molecule has 0 bridgehead atoms. The molecular formula is C25H25BrN2O3. The van der Waals surface area contributed by atoms with E-state index in [-0.39, 0.29) is 12.1 Å². The normalized spacial score (nSPS) is 21.5. The summed E-state index contributed by atoms with van der Waals surface area (Å²) in [6.07, 6.45) is 0.990. The van der Waals surface area contributed by atoms with E-state index in [1.54, 1.807) is 14.2 Å². The predicted octanol–water partition coefficient (Wildman–Crippen LogP) is 5.11. The molecule has 0 amide bonds. The number of hydrogen-bond acceptors (Lipinski definition) is 5. The summed E-state index contributed by atoms with van der Waals surface area (Å²) < 4.78 is 18.1. The molecule has 1 heterocycles. The summed E-state index contributed by atoms with van der Waals surface area (Å²) in [7, 11) is 3.36. The fourth-order valence-corrected chi connectivity index (χ4v) is 4.89. The van der Waals surface area contributed by atoms with Crippen LogP contribution in [0.4, 0.5) is 0 Å². The average Bonchev–Trinajstić information content (AvgIpc) is 3.37. The molecule has 0 aromatic heterocycles. The van der Waals surface area contributed by atoms with Crippen molar-refractivity contribution in [3.05, 3.63) is 87.4 Å².